The van der Waals surface area contributed by atoms with Crippen LogP contribution in [0.25, 0.3) is 11.3 Å². The maximum Gasteiger partial charge on any atom is 0.232 e. The fourth-order valence-electron chi connectivity index (χ4n) is 3.12. The summed E-state index contributed by atoms with van der Waals surface area (Å²) >= 11 is 0. The predicted molar refractivity (Wildman–Crippen MR) is 126 cm³/mol. The molecule has 0 saturated heterocycles. The van der Waals surface area contributed by atoms with Gasteiger partial charge < -0.3 is 25.5 Å². The van der Waals surface area contributed by atoms with Gasteiger partial charge in [-0.2, -0.15) is 0 Å². The molecule has 0 bridgehead atoms. The highest BCUT2D eigenvalue weighted by Gasteiger charge is 2.18. The lowest BCUT2D eigenvalue weighted by molar-refractivity contribution is 0.328. The molecule has 0 aliphatic rings. The Morgan fingerprint density at radius 2 is 2.03 bits per heavy atom. The molecular weight excluding hydrogens is 406 g/mol. The molecule has 3 N–H and O–H groups in total. The van der Waals surface area contributed by atoms with Gasteiger partial charge in [-0.05, 0) is 45.9 Å². The number of hydrogen-bond acceptors (Lipinski definition) is 9. The molecule has 3 rings (SSSR count). The monoisotopic (exact) mass is 435 g/mol. The summed E-state index contributed by atoms with van der Waals surface area (Å²) in [4.78, 5) is 17.7. The van der Waals surface area contributed by atoms with Crippen LogP contribution in [0.2, 0.25) is 0 Å². The standard InChI is InChI=1S/C23H29N7O2/c1-6-32-23-17(8-7-9-26-23)18-10-19(22(28-14(2)3)21(30-18)15(4)24)27-12-16-11-25-13-20(29-16)31-5/h7-11,13-14,24,28H,6,12H2,1-5H3,(H,27,30). The van der Waals surface area contributed by atoms with Crippen molar-refractivity contribution in [3.05, 3.63) is 48.2 Å². The van der Waals surface area contributed by atoms with Crippen molar-refractivity contribution in [2.24, 2.45) is 0 Å². The first-order valence-electron chi connectivity index (χ1n) is 10.5. The maximum absolute atomic E-state index is 8.34. The van der Waals surface area contributed by atoms with Gasteiger partial charge in [0.2, 0.25) is 11.8 Å². The van der Waals surface area contributed by atoms with Gasteiger partial charge in [-0.25, -0.2) is 15.0 Å². The summed E-state index contributed by atoms with van der Waals surface area (Å²) in [7, 11) is 1.56. The third-order valence-electron chi connectivity index (χ3n) is 4.47. The molecule has 168 valence electrons. The summed E-state index contributed by atoms with van der Waals surface area (Å²) in [6.45, 7) is 8.64. The second kappa shape index (κ2) is 10.5. The van der Waals surface area contributed by atoms with Gasteiger partial charge in [0.25, 0.3) is 0 Å². The van der Waals surface area contributed by atoms with Gasteiger partial charge in [0.1, 0.15) is 5.69 Å². The third kappa shape index (κ3) is 5.48. The van der Waals surface area contributed by atoms with E-state index < -0.39 is 0 Å². The molecule has 9 nitrogen and oxygen atoms in total. The molecule has 0 amide bonds. The SMILES string of the molecule is CCOc1ncccc1-c1cc(NCc2cncc(OC)n2)c(NC(C)C)c(C(C)=N)n1. The largest absolute Gasteiger partial charge is 0.480 e. The topological polar surface area (TPSA) is 118 Å². The molecule has 3 aromatic heterocycles. The van der Waals surface area contributed by atoms with Crippen LogP contribution in [0.15, 0.2) is 36.8 Å². The minimum atomic E-state index is 0.148. The molecule has 0 radical (unpaired) electrons. The third-order valence-corrected chi connectivity index (χ3v) is 4.47. The molecule has 0 atom stereocenters. The van der Waals surface area contributed by atoms with Crippen LogP contribution in [-0.4, -0.2) is 45.4 Å². The van der Waals surface area contributed by atoms with Crippen molar-refractivity contribution in [2.45, 2.75) is 40.3 Å². The number of hydrogen-bond donors (Lipinski definition) is 3. The molecular formula is C23H29N7O2. The van der Waals surface area contributed by atoms with E-state index in [-0.39, 0.29) is 6.04 Å². The quantitative estimate of drug-likeness (QED) is 0.406. The number of aromatic nitrogens is 4. The van der Waals surface area contributed by atoms with E-state index in [9.17, 15) is 0 Å². The first kappa shape index (κ1) is 22.9. The van der Waals surface area contributed by atoms with Crippen molar-refractivity contribution in [1.29, 1.82) is 5.41 Å². The van der Waals surface area contributed by atoms with E-state index in [1.54, 1.807) is 32.6 Å². The van der Waals surface area contributed by atoms with Crippen LogP contribution in [0.3, 0.4) is 0 Å². The van der Waals surface area contributed by atoms with Crippen LogP contribution in [-0.2, 0) is 6.54 Å². The van der Waals surface area contributed by atoms with Gasteiger partial charge in [0.05, 0.1) is 66.7 Å². The summed E-state index contributed by atoms with van der Waals surface area (Å²) in [5, 5.41) is 15.2. The molecule has 32 heavy (non-hydrogen) atoms. The van der Waals surface area contributed by atoms with Gasteiger partial charge >= 0.3 is 0 Å². The van der Waals surface area contributed by atoms with Crippen molar-refractivity contribution < 1.29 is 9.47 Å². The smallest absolute Gasteiger partial charge is 0.232 e. The van der Waals surface area contributed by atoms with Crippen LogP contribution in [0.4, 0.5) is 11.4 Å². The number of ether oxygens (including phenoxy) is 2. The number of nitrogens with one attached hydrogen (secondary N) is 3. The Morgan fingerprint density at radius 3 is 2.72 bits per heavy atom. The first-order chi connectivity index (χ1) is 15.4. The molecule has 0 unspecified atom stereocenters. The normalized spacial score (nSPS) is 10.7. The van der Waals surface area contributed by atoms with Gasteiger partial charge in [-0.15, -0.1) is 0 Å². The van der Waals surface area contributed by atoms with Crippen molar-refractivity contribution in [3.63, 3.8) is 0 Å². The van der Waals surface area contributed by atoms with Crippen LogP contribution < -0.4 is 20.1 Å². The highest BCUT2D eigenvalue weighted by molar-refractivity contribution is 6.03. The van der Waals surface area contributed by atoms with E-state index in [1.807, 2.05) is 39.0 Å². The molecule has 0 aliphatic heterocycles. The zero-order chi connectivity index (χ0) is 23.1. The Morgan fingerprint density at radius 1 is 1.22 bits per heavy atom. The molecule has 3 aromatic rings. The lowest BCUT2D eigenvalue weighted by Gasteiger charge is -2.21. The Kier molecular flexibility index (Phi) is 7.54. The summed E-state index contributed by atoms with van der Waals surface area (Å²) < 4.78 is 10.9. The lowest BCUT2D eigenvalue weighted by Crippen LogP contribution is -2.17. The van der Waals surface area contributed by atoms with Gasteiger partial charge in [-0.1, -0.05) is 0 Å². The molecule has 0 aliphatic carbocycles. The van der Waals surface area contributed by atoms with Crippen molar-refractivity contribution in [1.82, 2.24) is 19.9 Å². The van der Waals surface area contributed by atoms with Crippen molar-refractivity contribution >= 4 is 17.1 Å². The van der Waals surface area contributed by atoms with Crippen LogP contribution >= 0.6 is 0 Å². The minimum absolute atomic E-state index is 0.148. The molecule has 0 aromatic carbocycles. The molecule has 3 heterocycles. The zero-order valence-electron chi connectivity index (χ0n) is 19.1. The number of pyridine rings is 2. The maximum atomic E-state index is 8.34. The second-order valence-corrected chi connectivity index (χ2v) is 7.40. The molecule has 0 saturated carbocycles. The average Bonchev–Trinajstić information content (AvgIpc) is 2.78. The Labute approximate surface area is 188 Å². The zero-order valence-corrected chi connectivity index (χ0v) is 19.1. The fraction of sp³-hybridized carbons (Fsp3) is 0.348. The van der Waals surface area contributed by atoms with Crippen molar-refractivity contribution in [2.75, 3.05) is 24.4 Å². The van der Waals surface area contributed by atoms with Crippen LogP contribution in [0.5, 0.6) is 11.8 Å². The lowest BCUT2D eigenvalue weighted by atomic mass is 10.1. The Hall–Kier alpha value is -3.75. The Bertz CT molecular complexity index is 1090. The average molecular weight is 436 g/mol. The fourth-order valence-corrected chi connectivity index (χ4v) is 3.12. The summed E-state index contributed by atoms with van der Waals surface area (Å²) in [6.07, 6.45) is 4.94. The summed E-state index contributed by atoms with van der Waals surface area (Å²) in [6, 6.07) is 5.84. The molecule has 0 spiro atoms. The van der Waals surface area contributed by atoms with Crippen LogP contribution in [0.1, 0.15) is 39.1 Å². The number of anilines is 2. The molecule has 0 fully saturated rings. The van der Waals surface area contributed by atoms with E-state index in [0.29, 0.717) is 42.0 Å². The van der Waals surface area contributed by atoms with E-state index >= 15 is 0 Å². The Balaban J connectivity index is 2.09. The van der Waals surface area contributed by atoms with Gasteiger partial charge in [0.15, 0.2) is 0 Å². The highest BCUT2D eigenvalue weighted by atomic mass is 16.5. The van der Waals surface area contributed by atoms with E-state index in [0.717, 1.165) is 22.6 Å². The van der Waals surface area contributed by atoms with Gasteiger partial charge in [-0.3, -0.25) is 4.98 Å². The number of nitrogens with zero attached hydrogens (tertiary/aromatic N) is 4. The van der Waals surface area contributed by atoms with E-state index in [4.69, 9.17) is 19.9 Å². The predicted octanol–water partition coefficient (Wildman–Crippen LogP) is 4.16. The van der Waals surface area contributed by atoms with Crippen LogP contribution in [0, 0.1) is 5.41 Å². The number of rotatable bonds is 10. The summed E-state index contributed by atoms with van der Waals surface area (Å²) in [5.41, 5.74) is 4.61. The van der Waals surface area contributed by atoms with E-state index in [2.05, 4.69) is 25.6 Å². The van der Waals surface area contributed by atoms with Gasteiger partial charge in [0, 0.05) is 12.2 Å². The highest BCUT2D eigenvalue weighted by Crippen LogP contribution is 2.34. The number of methoxy groups -OCH3 is 1. The van der Waals surface area contributed by atoms with E-state index in [1.165, 1.54) is 0 Å². The minimum Gasteiger partial charge on any atom is -0.480 e. The second-order valence-electron chi connectivity index (χ2n) is 7.40. The summed E-state index contributed by atoms with van der Waals surface area (Å²) in [5.74, 6) is 0.957. The molecule has 9 heteroatoms. The first-order valence-corrected chi connectivity index (χ1v) is 10.5. The van der Waals surface area contributed by atoms with Crippen molar-refractivity contribution in [3.8, 4) is 23.0 Å².